The average molecular weight is 268 g/mol. The Kier molecular flexibility index (Phi) is 4.26. The zero-order valence-corrected chi connectivity index (χ0v) is 12.8. The molecule has 0 saturated carbocycles. The van der Waals surface area contributed by atoms with Crippen LogP contribution in [0.5, 0.6) is 0 Å². The fourth-order valence-corrected chi connectivity index (χ4v) is 2.45. The maximum atomic E-state index is 5.78. The van der Waals surface area contributed by atoms with Crippen LogP contribution in [0.15, 0.2) is 48.5 Å². The van der Waals surface area contributed by atoms with Crippen molar-refractivity contribution in [2.45, 2.75) is 39.2 Å². The van der Waals surface area contributed by atoms with Crippen LogP contribution in [0, 0.1) is 6.92 Å². The molecule has 2 heteroatoms. The van der Waals surface area contributed by atoms with Gasteiger partial charge < -0.3 is 0 Å². The topological polar surface area (TPSA) is 38.0 Å². The highest BCUT2D eigenvalue weighted by Crippen LogP contribution is 2.27. The molecule has 1 atom stereocenters. The molecule has 20 heavy (non-hydrogen) atoms. The van der Waals surface area contributed by atoms with E-state index in [4.69, 9.17) is 5.84 Å². The van der Waals surface area contributed by atoms with Gasteiger partial charge in [0.2, 0.25) is 0 Å². The highest BCUT2D eigenvalue weighted by Gasteiger charge is 2.17. The largest absolute Gasteiger partial charge is 0.271 e. The van der Waals surface area contributed by atoms with Crippen molar-refractivity contribution in [3.63, 3.8) is 0 Å². The lowest BCUT2D eigenvalue weighted by Gasteiger charge is -2.22. The summed E-state index contributed by atoms with van der Waals surface area (Å²) in [7, 11) is 0. The lowest BCUT2D eigenvalue weighted by Crippen LogP contribution is -2.29. The number of rotatable bonds is 3. The summed E-state index contributed by atoms with van der Waals surface area (Å²) in [5.41, 5.74) is 8.10. The quantitative estimate of drug-likeness (QED) is 0.655. The summed E-state index contributed by atoms with van der Waals surface area (Å²) in [4.78, 5) is 0. The molecule has 2 rings (SSSR count). The lowest BCUT2D eigenvalue weighted by molar-refractivity contribution is 0.587. The molecule has 3 N–H and O–H groups in total. The fraction of sp³-hybridized carbons (Fsp3) is 0.333. The highest BCUT2D eigenvalue weighted by molar-refractivity contribution is 5.38. The van der Waals surface area contributed by atoms with Crippen molar-refractivity contribution in [2.75, 3.05) is 0 Å². The van der Waals surface area contributed by atoms with Gasteiger partial charge in [-0.2, -0.15) is 0 Å². The van der Waals surface area contributed by atoms with Crippen LogP contribution in [0.2, 0.25) is 0 Å². The second-order valence-corrected chi connectivity index (χ2v) is 6.33. The lowest BCUT2D eigenvalue weighted by atomic mass is 9.85. The minimum Gasteiger partial charge on any atom is -0.271 e. The second-order valence-electron chi connectivity index (χ2n) is 6.33. The number of benzene rings is 2. The Morgan fingerprint density at radius 3 is 2.05 bits per heavy atom. The molecular weight excluding hydrogens is 244 g/mol. The second kappa shape index (κ2) is 5.78. The third kappa shape index (κ3) is 3.09. The molecule has 0 spiro atoms. The molecular formula is C18H24N2. The molecule has 0 amide bonds. The first-order valence-corrected chi connectivity index (χ1v) is 7.05. The Labute approximate surface area is 122 Å². The Morgan fingerprint density at radius 2 is 1.55 bits per heavy atom. The first-order chi connectivity index (χ1) is 9.43. The van der Waals surface area contributed by atoms with Crippen LogP contribution < -0.4 is 11.3 Å². The van der Waals surface area contributed by atoms with Gasteiger partial charge in [-0.25, -0.2) is 5.43 Å². The van der Waals surface area contributed by atoms with Gasteiger partial charge >= 0.3 is 0 Å². The number of hydrogen-bond acceptors (Lipinski definition) is 2. The predicted octanol–water partition coefficient (Wildman–Crippen LogP) is 3.85. The van der Waals surface area contributed by atoms with Crippen LogP contribution in [0.1, 0.15) is 49.1 Å². The van der Waals surface area contributed by atoms with Crippen molar-refractivity contribution in [1.29, 1.82) is 0 Å². The first kappa shape index (κ1) is 14.8. The first-order valence-electron chi connectivity index (χ1n) is 7.05. The van der Waals surface area contributed by atoms with Crippen molar-refractivity contribution < 1.29 is 0 Å². The molecule has 0 aromatic heterocycles. The molecule has 0 fully saturated rings. The summed E-state index contributed by atoms with van der Waals surface area (Å²) in [6.07, 6.45) is 0. The maximum absolute atomic E-state index is 5.78. The van der Waals surface area contributed by atoms with E-state index < -0.39 is 0 Å². The van der Waals surface area contributed by atoms with E-state index in [2.05, 4.69) is 81.7 Å². The minimum absolute atomic E-state index is 0.0326. The van der Waals surface area contributed by atoms with Crippen molar-refractivity contribution in [3.8, 4) is 0 Å². The van der Waals surface area contributed by atoms with Crippen LogP contribution >= 0.6 is 0 Å². The van der Waals surface area contributed by atoms with Crippen LogP contribution in [-0.4, -0.2) is 0 Å². The van der Waals surface area contributed by atoms with Crippen molar-refractivity contribution >= 4 is 0 Å². The van der Waals surface area contributed by atoms with E-state index in [0.717, 1.165) is 0 Å². The summed E-state index contributed by atoms with van der Waals surface area (Å²) in [5, 5.41) is 0. The van der Waals surface area contributed by atoms with Crippen LogP contribution in [0.4, 0.5) is 0 Å². The number of nitrogens with one attached hydrogen (secondary N) is 1. The molecule has 106 valence electrons. The number of hydrazine groups is 1. The molecule has 0 heterocycles. The summed E-state index contributed by atoms with van der Waals surface area (Å²) in [5.74, 6) is 5.78. The Bertz CT molecular complexity index is 565. The molecule has 0 aliphatic carbocycles. The van der Waals surface area contributed by atoms with Crippen molar-refractivity contribution in [3.05, 3.63) is 70.8 Å². The van der Waals surface area contributed by atoms with Gasteiger partial charge in [0.15, 0.2) is 0 Å². The standard InChI is InChI=1S/C18H24N2/c1-13-7-5-6-8-16(13)17(20-19)14-9-11-15(12-10-14)18(2,3)4/h5-12,17,20H,19H2,1-4H3. The molecule has 0 radical (unpaired) electrons. The molecule has 2 aromatic rings. The summed E-state index contributed by atoms with van der Waals surface area (Å²) in [6.45, 7) is 8.79. The average Bonchev–Trinajstić information content (AvgIpc) is 2.41. The predicted molar refractivity (Wildman–Crippen MR) is 85.5 cm³/mol. The Morgan fingerprint density at radius 1 is 0.950 bits per heavy atom. The third-order valence-corrected chi connectivity index (χ3v) is 3.78. The van der Waals surface area contributed by atoms with E-state index in [0.29, 0.717) is 0 Å². The van der Waals surface area contributed by atoms with Crippen molar-refractivity contribution in [2.24, 2.45) is 5.84 Å². The summed E-state index contributed by atoms with van der Waals surface area (Å²) >= 11 is 0. The SMILES string of the molecule is Cc1ccccc1C(NN)c1ccc(C(C)(C)C)cc1. The van der Waals surface area contributed by atoms with Gasteiger partial charge in [-0.15, -0.1) is 0 Å². The smallest absolute Gasteiger partial charge is 0.0712 e. The van der Waals surface area contributed by atoms with E-state index >= 15 is 0 Å². The van der Waals surface area contributed by atoms with Crippen LogP contribution in [-0.2, 0) is 5.41 Å². The molecule has 0 bridgehead atoms. The van der Waals surface area contributed by atoms with Gasteiger partial charge in [0.25, 0.3) is 0 Å². The van der Waals surface area contributed by atoms with Crippen LogP contribution in [0.3, 0.4) is 0 Å². The van der Waals surface area contributed by atoms with Gasteiger partial charge in [-0.1, -0.05) is 69.3 Å². The highest BCUT2D eigenvalue weighted by atomic mass is 15.2. The molecule has 2 aromatic carbocycles. The molecule has 0 saturated heterocycles. The normalized spacial score (nSPS) is 13.2. The molecule has 2 nitrogen and oxygen atoms in total. The minimum atomic E-state index is 0.0326. The number of aryl methyl sites for hydroxylation is 1. The van der Waals surface area contributed by atoms with Gasteiger partial charge in [-0.05, 0) is 34.6 Å². The van der Waals surface area contributed by atoms with E-state index in [-0.39, 0.29) is 11.5 Å². The summed E-state index contributed by atoms with van der Waals surface area (Å²) < 4.78 is 0. The maximum Gasteiger partial charge on any atom is 0.0712 e. The van der Waals surface area contributed by atoms with Crippen molar-refractivity contribution in [1.82, 2.24) is 5.43 Å². The zero-order valence-electron chi connectivity index (χ0n) is 12.8. The van der Waals surface area contributed by atoms with Gasteiger partial charge in [0, 0.05) is 0 Å². The van der Waals surface area contributed by atoms with E-state index in [9.17, 15) is 0 Å². The van der Waals surface area contributed by atoms with E-state index in [1.807, 2.05) is 0 Å². The fourth-order valence-electron chi connectivity index (χ4n) is 2.45. The van der Waals surface area contributed by atoms with Gasteiger partial charge in [0.1, 0.15) is 0 Å². The molecule has 0 aliphatic rings. The van der Waals surface area contributed by atoms with E-state index in [1.54, 1.807) is 0 Å². The van der Waals surface area contributed by atoms with Gasteiger partial charge in [-0.3, -0.25) is 5.84 Å². The zero-order chi connectivity index (χ0) is 14.8. The monoisotopic (exact) mass is 268 g/mol. The molecule has 1 unspecified atom stereocenters. The summed E-state index contributed by atoms with van der Waals surface area (Å²) in [6, 6.07) is 17.1. The number of nitrogens with two attached hydrogens (primary N) is 1. The molecule has 0 aliphatic heterocycles. The Balaban J connectivity index is 2.36. The van der Waals surface area contributed by atoms with E-state index in [1.165, 1.54) is 22.3 Å². The number of hydrogen-bond donors (Lipinski definition) is 2. The Hall–Kier alpha value is -1.64. The van der Waals surface area contributed by atoms with Gasteiger partial charge in [0.05, 0.1) is 6.04 Å². The third-order valence-electron chi connectivity index (χ3n) is 3.78. The van der Waals surface area contributed by atoms with Crippen LogP contribution in [0.25, 0.3) is 0 Å².